The van der Waals surface area contributed by atoms with Crippen molar-refractivity contribution < 1.29 is 9.53 Å². The van der Waals surface area contributed by atoms with E-state index in [0.29, 0.717) is 18.8 Å². The normalized spacial score (nSPS) is 13.2. The molecule has 0 N–H and O–H groups in total. The van der Waals surface area contributed by atoms with Crippen LogP contribution in [0, 0.1) is 11.3 Å². The summed E-state index contributed by atoms with van der Waals surface area (Å²) in [4.78, 5) is 20.6. The van der Waals surface area contributed by atoms with Crippen molar-refractivity contribution >= 4 is 6.09 Å². The molecule has 1 aromatic rings. The molecule has 1 amide bonds. The molecule has 6 heteroatoms. The van der Waals surface area contributed by atoms with Crippen molar-refractivity contribution in [2.45, 2.75) is 13.1 Å². The highest BCUT2D eigenvalue weighted by atomic mass is 16.5. The Bertz CT molecular complexity index is 452. The average molecular weight is 204 g/mol. The van der Waals surface area contributed by atoms with E-state index in [9.17, 15) is 4.79 Å². The standard InChI is InChI=1S/C9H8N4O2/c1-15-9(14)13-4-6-3-11-8(2-10)12-7(6)5-13/h3H,4-5H2,1H3. The lowest BCUT2D eigenvalue weighted by Gasteiger charge is -2.11. The van der Waals surface area contributed by atoms with E-state index in [-0.39, 0.29) is 5.82 Å². The molecule has 1 aliphatic rings. The van der Waals surface area contributed by atoms with Crippen molar-refractivity contribution in [2.24, 2.45) is 0 Å². The fourth-order valence-corrected chi connectivity index (χ4v) is 1.47. The number of methoxy groups -OCH3 is 1. The largest absolute Gasteiger partial charge is 0.453 e. The van der Waals surface area contributed by atoms with Gasteiger partial charge in [-0.2, -0.15) is 5.26 Å². The van der Waals surface area contributed by atoms with E-state index in [1.54, 1.807) is 6.20 Å². The maximum absolute atomic E-state index is 11.2. The highest BCUT2D eigenvalue weighted by Crippen LogP contribution is 2.20. The molecule has 1 aromatic heterocycles. The van der Waals surface area contributed by atoms with Crippen LogP contribution in [0.1, 0.15) is 17.1 Å². The van der Waals surface area contributed by atoms with Gasteiger partial charge in [0, 0.05) is 11.8 Å². The van der Waals surface area contributed by atoms with Gasteiger partial charge in [0.1, 0.15) is 6.07 Å². The van der Waals surface area contributed by atoms with Crippen molar-refractivity contribution in [1.29, 1.82) is 5.26 Å². The van der Waals surface area contributed by atoms with Crippen LogP contribution in [0.5, 0.6) is 0 Å². The molecule has 76 valence electrons. The summed E-state index contributed by atoms with van der Waals surface area (Å²) in [6.45, 7) is 0.812. The fourth-order valence-electron chi connectivity index (χ4n) is 1.47. The maximum Gasteiger partial charge on any atom is 0.410 e. The molecule has 0 atom stereocenters. The monoisotopic (exact) mass is 204 g/mol. The third kappa shape index (κ3) is 1.59. The zero-order valence-corrected chi connectivity index (χ0v) is 8.10. The Labute approximate surface area is 86.1 Å². The molecule has 15 heavy (non-hydrogen) atoms. The Kier molecular flexibility index (Phi) is 2.21. The summed E-state index contributed by atoms with van der Waals surface area (Å²) < 4.78 is 4.60. The highest BCUT2D eigenvalue weighted by Gasteiger charge is 2.25. The average Bonchev–Trinajstić information content (AvgIpc) is 2.70. The Hall–Kier alpha value is -2.16. The molecule has 0 aliphatic carbocycles. The van der Waals surface area contributed by atoms with E-state index in [2.05, 4.69) is 14.7 Å². The van der Waals surface area contributed by atoms with Crippen molar-refractivity contribution in [3.8, 4) is 6.07 Å². The topological polar surface area (TPSA) is 79.1 Å². The third-order valence-electron chi connectivity index (χ3n) is 2.19. The molecular weight excluding hydrogens is 196 g/mol. The lowest BCUT2D eigenvalue weighted by atomic mass is 10.3. The molecule has 0 bridgehead atoms. The van der Waals surface area contributed by atoms with Crippen LogP contribution in [-0.4, -0.2) is 28.1 Å². The van der Waals surface area contributed by atoms with Crippen LogP contribution >= 0.6 is 0 Å². The Morgan fingerprint density at radius 3 is 3.13 bits per heavy atom. The zero-order chi connectivity index (χ0) is 10.8. The first-order chi connectivity index (χ1) is 7.24. The van der Waals surface area contributed by atoms with Crippen LogP contribution in [0.4, 0.5) is 4.79 Å². The van der Waals surface area contributed by atoms with Gasteiger partial charge in [0.2, 0.25) is 5.82 Å². The van der Waals surface area contributed by atoms with Crippen molar-refractivity contribution in [3.05, 3.63) is 23.3 Å². The van der Waals surface area contributed by atoms with Crippen LogP contribution in [0.15, 0.2) is 6.20 Å². The van der Waals surface area contributed by atoms with Crippen LogP contribution in [0.2, 0.25) is 0 Å². The molecule has 0 aromatic carbocycles. The van der Waals surface area contributed by atoms with Crippen LogP contribution in [-0.2, 0) is 17.8 Å². The number of fused-ring (bicyclic) bond motifs is 1. The Balaban J connectivity index is 2.24. The summed E-state index contributed by atoms with van der Waals surface area (Å²) in [6, 6.07) is 1.86. The molecule has 2 rings (SSSR count). The van der Waals surface area contributed by atoms with Gasteiger partial charge in [-0.3, -0.25) is 4.90 Å². The van der Waals surface area contributed by atoms with E-state index in [0.717, 1.165) is 5.56 Å². The van der Waals surface area contributed by atoms with Gasteiger partial charge >= 0.3 is 6.09 Å². The SMILES string of the molecule is COC(=O)N1Cc2cnc(C#N)nc2C1. The van der Waals surface area contributed by atoms with E-state index >= 15 is 0 Å². The summed E-state index contributed by atoms with van der Waals surface area (Å²) in [7, 11) is 1.33. The minimum atomic E-state index is -0.397. The lowest BCUT2D eigenvalue weighted by molar-refractivity contribution is 0.123. The lowest BCUT2D eigenvalue weighted by Crippen LogP contribution is -2.24. The van der Waals surface area contributed by atoms with E-state index in [4.69, 9.17) is 5.26 Å². The summed E-state index contributed by atoms with van der Waals surface area (Å²) in [6.07, 6.45) is 1.18. The predicted molar refractivity (Wildman–Crippen MR) is 48.4 cm³/mol. The minimum Gasteiger partial charge on any atom is -0.453 e. The maximum atomic E-state index is 11.2. The number of rotatable bonds is 0. The fraction of sp³-hybridized carbons (Fsp3) is 0.333. The van der Waals surface area contributed by atoms with E-state index < -0.39 is 6.09 Å². The van der Waals surface area contributed by atoms with E-state index in [1.807, 2.05) is 6.07 Å². The molecule has 6 nitrogen and oxygen atoms in total. The number of hydrogen-bond donors (Lipinski definition) is 0. The molecule has 0 saturated heterocycles. The molecule has 0 unspecified atom stereocenters. The van der Waals surface area contributed by atoms with E-state index in [1.165, 1.54) is 12.0 Å². The van der Waals surface area contributed by atoms with Gasteiger partial charge in [0.25, 0.3) is 0 Å². The first kappa shape index (κ1) is 9.40. The first-order valence-corrected chi connectivity index (χ1v) is 4.32. The number of carbonyl (C=O) groups excluding carboxylic acids is 1. The summed E-state index contributed by atoms with van der Waals surface area (Å²) in [5.74, 6) is 0.125. The van der Waals surface area contributed by atoms with Gasteiger partial charge in [-0.1, -0.05) is 0 Å². The van der Waals surface area contributed by atoms with Crippen LogP contribution < -0.4 is 0 Å². The molecule has 0 radical (unpaired) electrons. The molecule has 1 aliphatic heterocycles. The first-order valence-electron chi connectivity index (χ1n) is 4.32. The summed E-state index contributed by atoms with van der Waals surface area (Å²) in [5, 5.41) is 8.61. The number of nitrogens with zero attached hydrogens (tertiary/aromatic N) is 4. The zero-order valence-electron chi connectivity index (χ0n) is 8.10. The molecule has 0 saturated carbocycles. The molecule has 0 fully saturated rings. The van der Waals surface area contributed by atoms with Gasteiger partial charge in [0.05, 0.1) is 25.9 Å². The number of hydrogen-bond acceptors (Lipinski definition) is 5. The second kappa shape index (κ2) is 3.53. The second-order valence-corrected chi connectivity index (χ2v) is 3.10. The number of ether oxygens (including phenoxy) is 1. The molecular formula is C9H8N4O2. The number of carbonyl (C=O) groups is 1. The summed E-state index contributed by atoms with van der Waals surface area (Å²) in [5.41, 5.74) is 1.58. The van der Waals surface area contributed by atoms with Crippen LogP contribution in [0.3, 0.4) is 0 Å². The van der Waals surface area contributed by atoms with Crippen molar-refractivity contribution in [1.82, 2.24) is 14.9 Å². The smallest absolute Gasteiger partial charge is 0.410 e. The van der Waals surface area contributed by atoms with Gasteiger partial charge in [-0.05, 0) is 0 Å². The van der Waals surface area contributed by atoms with Crippen molar-refractivity contribution in [2.75, 3.05) is 7.11 Å². The minimum absolute atomic E-state index is 0.125. The third-order valence-corrected chi connectivity index (χ3v) is 2.19. The highest BCUT2D eigenvalue weighted by molar-refractivity contribution is 5.68. The van der Waals surface area contributed by atoms with Gasteiger partial charge < -0.3 is 4.74 Å². The quantitative estimate of drug-likeness (QED) is 0.612. The Morgan fingerprint density at radius 1 is 1.67 bits per heavy atom. The van der Waals surface area contributed by atoms with Crippen LogP contribution in [0.25, 0.3) is 0 Å². The van der Waals surface area contributed by atoms with Crippen molar-refractivity contribution in [3.63, 3.8) is 0 Å². The summed E-state index contributed by atoms with van der Waals surface area (Å²) >= 11 is 0. The molecule has 2 heterocycles. The number of nitriles is 1. The predicted octanol–water partition coefficient (Wildman–Crippen LogP) is 0.430. The second-order valence-electron chi connectivity index (χ2n) is 3.10. The number of aromatic nitrogens is 2. The van der Waals surface area contributed by atoms with Gasteiger partial charge in [-0.15, -0.1) is 0 Å². The van der Waals surface area contributed by atoms with Gasteiger partial charge in [-0.25, -0.2) is 14.8 Å². The number of amides is 1. The Morgan fingerprint density at radius 2 is 2.47 bits per heavy atom. The molecule has 0 spiro atoms. The van der Waals surface area contributed by atoms with Gasteiger partial charge in [0.15, 0.2) is 0 Å².